The molecule has 2 N–H and O–H groups in total. The van der Waals surface area contributed by atoms with E-state index < -0.39 is 5.97 Å². The van der Waals surface area contributed by atoms with Gasteiger partial charge in [0.25, 0.3) is 0 Å². The van der Waals surface area contributed by atoms with Crippen LogP contribution in [0.15, 0.2) is 12.2 Å². The summed E-state index contributed by atoms with van der Waals surface area (Å²) < 4.78 is 0. The Morgan fingerprint density at radius 1 is 0.875 bits per heavy atom. The van der Waals surface area contributed by atoms with Gasteiger partial charge >= 0.3 is 5.97 Å². The van der Waals surface area contributed by atoms with Crippen molar-refractivity contribution in [2.75, 3.05) is 6.61 Å². The van der Waals surface area contributed by atoms with Crippen molar-refractivity contribution in [2.24, 2.45) is 0 Å². The fraction of sp³-hybridized carbons (Fsp3) is 0.769. The van der Waals surface area contributed by atoms with E-state index in [-0.39, 0.29) is 6.61 Å². The fourth-order valence-corrected chi connectivity index (χ4v) is 1.56. The Balaban J connectivity index is 3.01. The van der Waals surface area contributed by atoms with E-state index in [9.17, 15) is 4.79 Å². The number of hydrogen-bond donors (Lipinski definition) is 2. The van der Waals surface area contributed by atoms with Gasteiger partial charge in [0.05, 0.1) is 0 Å². The van der Waals surface area contributed by atoms with Crippen LogP contribution in [0.25, 0.3) is 0 Å². The minimum absolute atomic E-state index is 0.236. The van der Waals surface area contributed by atoms with E-state index in [2.05, 4.69) is 6.08 Å². The number of allylic oxidation sites excluding steroid dienone is 1. The predicted octanol–water partition coefficient (Wildman–Crippen LogP) is 3.13. The molecule has 0 spiro atoms. The first-order valence-electron chi connectivity index (χ1n) is 6.25. The maximum Gasteiger partial charge on any atom is 0.303 e. The molecule has 0 radical (unpaired) electrons. The molecule has 0 aromatic rings. The molecule has 0 saturated carbocycles. The van der Waals surface area contributed by atoms with Crippen molar-refractivity contribution in [2.45, 2.75) is 57.8 Å². The molecule has 0 aromatic carbocycles. The van der Waals surface area contributed by atoms with Crippen molar-refractivity contribution in [3.8, 4) is 0 Å². The number of carboxylic acids is 1. The zero-order valence-electron chi connectivity index (χ0n) is 10.0. The highest BCUT2D eigenvalue weighted by Crippen LogP contribution is 2.08. The van der Waals surface area contributed by atoms with Crippen molar-refractivity contribution in [1.29, 1.82) is 0 Å². The quantitative estimate of drug-likeness (QED) is 0.422. The van der Waals surface area contributed by atoms with Crippen LogP contribution in [0.5, 0.6) is 0 Å². The molecule has 0 saturated heterocycles. The number of hydrogen-bond acceptors (Lipinski definition) is 2. The summed E-state index contributed by atoms with van der Waals surface area (Å²) in [6.45, 7) is 0.236. The second-order valence-corrected chi connectivity index (χ2v) is 4.04. The molecule has 0 heterocycles. The number of rotatable bonds is 11. The highest BCUT2D eigenvalue weighted by Gasteiger charge is 1.95. The van der Waals surface area contributed by atoms with Crippen LogP contribution in [-0.2, 0) is 4.79 Å². The SMILES string of the molecule is O=C(O)CCCCCCCC/C=C\CCO. The van der Waals surface area contributed by atoms with E-state index in [1.165, 1.54) is 19.3 Å². The van der Waals surface area contributed by atoms with E-state index >= 15 is 0 Å². The lowest BCUT2D eigenvalue weighted by atomic mass is 10.1. The molecule has 3 nitrogen and oxygen atoms in total. The highest BCUT2D eigenvalue weighted by atomic mass is 16.4. The maximum atomic E-state index is 10.2. The minimum Gasteiger partial charge on any atom is -0.481 e. The lowest BCUT2D eigenvalue weighted by Gasteiger charge is -1.99. The summed E-state index contributed by atoms with van der Waals surface area (Å²) >= 11 is 0. The molecular formula is C13H24O3. The second-order valence-electron chi connectivity index (χ2n) is 4.04. The normalized spacial score (nSPS) is 11.1. The molecule has 0 bridgehead atoms. The Morgan fingerprint density at radius 2 is 1.44 bits per heavy atom. The van der Waals surface area contributed by atoms with Crippen LogP contribution in [0.2, 0.25) is 0 Å². The number of unbranched alkanes of at least 4 members (excludes halogenated alkanes) is 6. The average molecular weight is 228 g/mol. The van der Waals surface area contributed by atoms with Gasteiger partial charge in [-0.15, -0.1) is 0 Å². The Bertz CT molecular complexity index is 188. The van der Waals surface area contributed by atoms with Gasteiger partial charge in [0.1, 0.15) is 0 Å². The Labute approximate surface area is 98.2 Å². The minimum atomic E-state index is -0.686. The molecule has 16 heavy (non-hydrogen) atoms. The summed E-state index contributed by atoms with van der Waals surface area (Å²) in [5.41, 5.74) is 0. The summed E-state index contributed by atoms with van der Waals surface area (Å²) in [5.74, 6) is -0.686. The Hall–Kier alpha value is -0.830. The lowest BCUT2D eigenvalue weighted by Crippen LogP contribution is -1.93. The number of aliphatic hydroxyl groups excluding tert-OH is 1. The number of carbonyl (C=O) groups is 1. The lowest BCUT2D eigenvalue weighted by molar-refractivity contribution is -0.137. The third kappa shape index (κ3) is 13.2. The van der Waals surface area contributed by atoms with Crippen molar-refractivity contribution in [1.82, 2.24) is 0 Å². The van der Waals surface area contributed by atoms with E-state index in [4.69, 9.17) is 10.2 Å². The zero-order chi connectivity index (χ0) is 12.1. The van der Waals surface area contributed by atoms with E-state index in [1.807, 2.05) is 6.08 Å². The highest BCUT2D eigenvalue weighted by molar-refractivity contribution is 5.66. The van der Waals surface area contributed by atoms with E-state index in [0.29, 0.717) is 6.42 Å². The topological polar surface area (TPSA) is 57.5 Å². The summed E-state index contributed by atoms with van der Waals surface area (Å²) in [7, 11) is 0. The second kappa shape index (κ2) is 12.2. The van der Waals surface area contributed by atoms with Gasteiger partial charge in [0.2, 0.25) is 0 Å². The van der Waals surface area contributed by atoms with Gasteiger partial charge in [-0.2, -0.15) is 0 Å². The Morgan fingerprint density at radius 3 is 2.06 bits per heavy atom. The van der Waals surface area contributed by atoms with E-state index in [0.717, 1.165) is 32.1 Å². The first kappa shape index (κ1) is 15.2. The molecule has 3 heteroatoms. The molecular weight excluding hydrogens is 204 g/mol. The van der Waals surface area contributed by atoms with Crippen molar-refractivity contribution >= 4 is 5.97 Å². The fourth-order valence-electron chi connectivity index (χ4n) is 1.56. The predicted molar refractivity (Wildman–Crippen MR) is 65.4 cm³/mol. The number of carboxylic acid groups (broad SMARTS) is 1. The van der Waals surface area contributed by atoms with Crippen LogP contribution in [0, 0.1) is 0 Å². The molecule has 94 valence electrons. The zero-order valence-corrected chi connectivity index (χ0v) is 10.0. The van der Waals surface area contributed by atoms with Gasteiger partial charge in [-0.05, 0) is 25.7 Å². The van der Waals surface area contributed by atoms with Crippen LogP contribution in [0.4, 0.5) is 0 Å². The summed E-state index contributed by atoms with van der Waals surface area (Å²) in [6.07, 6.45) is 12.9. The van der Waals surface area contributed by atoms with Crippen LogP contribution in [-0.4, -0.2) is 22.8 Å². The standard InChI is InChI=1S/C13H24O3/c14-12-10-8-6-4-2-1-3-5-7-9-11-13(15)16/h6,8,14H,1-5,7,9-12H2,(H,15,16)/b8-6-. The molecule has 0 fully saturated rings. The van der Waals surface area contributed by atoms with Gasteiger partial charge < -0.3 is 10.2 Å². The summed E-state index contributed by atoms with van der Waals surface area (Å²) in [6, 6.07) is 0. The first-order valence-corrected chi connectivity index (χ1v) is 6.25. The van der Waals surface area contributed by atoms with Gasteiger partial charge in [-0.25, -0.2) is 0 Å². The molecule has 0 aromatic heterocycles. The van der Waals surface area contributed by atoms with Crippen LogP contribution < -0.4 is 0 Å². The summed E-state index contributed by atoms with van der Waals surface area (Å²) in [4.78, 5) is 10.2. The van der Waals surface area contributed by atoms with Crippen molar-refractivity contribution in [3.63, 3.8) is 0 Å². The number of aliphatic carboxylic acids is 1. The maximum absolute atomic E-state index is 10.2. The van der Waals surface area contributed by atoms with Crippen LogP contribution in [0.3, 0.4) is 0 Å². The van der Waals surface area contributed by atoms with Crippen molar-refractivity contribution < 1.29 is 15.0 Å². The van der Waals surface area contributed by atoms with Gasteiger partial charge in [0, 0.05) is 13.0 Å². The van der Waals surface area contributed by atoms with Gasteiger partial charge in [-0.3, -0.25) is 4.79 Å². The molecule has 0 amide bonds. The molecule has 0 aliphatic rings. The third-order valence-electron chi connectivity index (χ3n) is 2.47. The largest absolute Gasteiger partial charge is 0.481 e. The summed E-state index contributed by atoms with van der Waals surface area (Å²) in [5, 5.41) is 17.0. The molecule has 0 aliphatic heterocycles. The monoisotopic (exact) mass is 228 g/mol. The first-order chi connectivity index (χ1) is 7.77. The molecule has 0 rings (SSSR count). The van der Waals surface area contributed by atoms with Gasteiger partial charge in [0.15, 0.2) is 0 Å². The van der Waals surface area contributed by atoms with E-state index in [1.54, 1.807) is 0 Å². The smallest absolute Gasteiger partial charge is 0.303 e. The van der Waals surface area contributed by atoms with Crippen LogP contribution in [0.1, 0.15) is 57.8 Å². The van der Waals surface area contributed by atoms with Gasteiger partial charge in [-0.1, -0.05) is 37.8 Å². The average Bonchev–Trinajstić information content (AvgIpc) is 2.25. The van der Waals surface area contributed by atoms with Crippen molar-refractivity contribution in [3.05, 3.63) is 12.2 Å². The molecule has 0 aliphatic carbocycles. The molecule has 0 unspecified atom stereocenters. The number of aliphatic hydroxyl groups is 1. The third-order valence-corrected chi connectivity index (χ3v) is 2.47. The van der Waals surface area contributed by atoms with Crippen LogP contribution >= 0.6 is 0 Å². The Kier molecular flexibility index (Phi) is 11.6. The molecule has 0 atom stereocenters.